The minimum absolute atomic E-state index is 0.182. The van der Waals surface area contributed by atoms with E-state index in [0.717, 1.165) is 25.0 Å². The number of aryl methyl sites for hydroxylation is 1. The van der Waals surface area contributed by atoms with Gasteiger partial charge in [-0.3, -0.25) is 0 Å². The molecule has 1 atom stereocenters. The molecule has 2 aromatic rings. The zero-order valence-electron chi connectivity index (χ0n) is 12.4. The molecule has 1 saturated heterocycles. The van der Waals surface area contributed by atoms with E-state index in [4.69, 9.17) is 9.15 Å². The van der Waals surface area contributed by atoms with E-state index in [1.165, 1.54) is 0 Å². The third-order valence-electron chi connectivity index (χ3n) is 3.67. The Hall–Kier alpha value is -2.46. The maximum atomic E-state index is 9.18. The molecule has 1 unspecified atom stereocenters. The van der Waals surface area contributed by atoms with Crippen LogP contribution in [0.2, 0.25) is 0 Å². The van der Waals surface area contributed by atoms with E-state index in [2.05, 4.69) is 26.6 Å². The van der Waals surface area contributed by atoms with Gasteiger partial charge in [0.25, 0.3) is 0 Å². The highest BCUT2D eigenvalue weighted by Crippen LogP contribution is 2.24. The molecule has 0 radical (unpaired) electrons. The maximum absolute atomic E-state index is 9.18. The fraction of sp³-hybridized carbons (Fsp3) is 0.467. The topological polar surface area (TPSA) is 96.9 Å². The van der Waals surface area contributed by atoms with Crippen molar-refractivity contribution >= 4 is 5.82 Å². The van der Waals surface area contributed by atoms with Gasteiger partial charge in [-0.2, -0.15) is 5.26 Å². The summed E-state index contributed by atoms with van der Waals surface area (Å²) in [6.45, 7) is 3.65. The van der Waals surface area contributed by atoms with Gasteiger partial charge in [0.15, 0.2) is 0 Å². The number of anilines is 1. The summed E-state index contributed by atoms with van der Waals surface area (Å²) < 4.78 is 11.1. The fourth-order valence-corrected chi connectivity index (χ4v) is 2.43. The van der Waals surface area contributed by atoms with Crippen molar-refractivity contribution < 1.29 is 9.15 Å². The largest absolute Gasteiger partial charge is 0.423 e. The van der Waals surface area contributed by atoms with Gasteiger partial charge in [0.2, 0.25) is 11.8 Å². The van der Waals surface area contributed by atoms with Crippen molar-refractivity contribution in [3.05, 3.63) is 35.2 Å². The molecular weight excluding hydrogens is 282 g/mol. The van der Waals surface area contributed by atoms with Crippen molar-refractivity contribution in [3.63, 3.8) is 0 Å². The van der Waals surface area contributed by atoms with E-state index >= 15 is 0 Å². The zero-order valence-corrected chi connectivity index (χ0v) is 12.4. The Morgan fingerprint density at radius 1 is 1.45 bits per heavy atom. The van der Waals surface area contributed by atoms with E-state index in [-0.39, 0.29) is 5.92 Å². The van der Waals surface area contributed by atoms with Crippen LogP contribution >= 0.6 is 0 Å². The first-order valence-corrected chi connectivity index (χ1v) is 7.27. The molecule has 114 valence electrons. The van der Waals surface area contributed by atoms with Crippen LogP contribution in [0.5, 0.6) is 0 Å². The number of hydrogen-bond acceptors (Lipinski definition) is 7. The molecule has 0 spiro atoms. The molecule has 7 heteroatoms. The Balaban J connectivity index is 1.66. The van der Waals surface area contributed by atoms with Crippen molar-refractivity contribution in [1.29, 1.82) is 5.26 Å². The van der Waals surface area contributed by atoms with Gasteiger partial charge in [-0.1, -0.05) is 0 Å². The van der Waals surface area contributed by atoms with Gasteiger partial charge in [0, 0.05) is 12.8 Å². The van der Waals surface area contributed by atoms with Gasteiger partial charge in [-0.25, -0.2) is 4.98 Å². The summed E-state index contributed by atoms with van der Waals surface area (Å²) in [6, 6.07) is 3.95. The van der Waals surface area contributed by atoms with Crippen LogP contribution in [0.3, 0.4) is 0 Å². The third kappa shape index (κ3) is 3.07. The molecule has 1 aliphatic rings. The highest BCUT2D eigenvalue weighted by atomic mass is 16.5. The van der Waals surface area contributed by atoms with Crippen LogP contribution in [0.15, 0.2) is 16.7 Å². The van der Waals surface area contributed by atoms with Crippen molar-refractivity contribution in [3.8, 4) is 6.07 Å². The predicted molar refractivity (Wildman–Crippen MR) is 78.1 cm³/mol. The summed E-state index contributed by atoms with van der Waals surface area (Å²) in [6.07, 6.45) is 3.68. The Bertz CT molecular complexity index is 685. The first kappa shape index (κ1) is 14.5. The number of nitriles is 1. The summed E-state index contributed by atoms with van der Waals surface area (Å²) in [5.74, 6) is 1.81. The zero-order chi connectivity index (χ0) is 15.4. The second kappa shape index (κ2) is 6.54. The van der Waals surface area contributed by atoms with Gasteiger partial charge < -0.3 is 14.5 Å². The quantitative estimate of drug-likeness (QED) is 0.923. The first-order chi connectivity index (χ1) is 10.8. The highest BCUT2D eigenvalue weighted by Gasteiger charge is 2.22. The molecule has 3 heterocycles. The van der Waals surface area contributed by atoms with Gasteiger partial charge >= 0.3 is 0 Å². The van der Waals surface area contributed by atoms with Crippen LogP contribution < -0.4 is 5.32 Å². The molecule has 1 aliphatic heterocycles. The van der Waals surface area contributed by atoms with E-state index < -0.39 is 0 Å². The molecule has 0 bridgehead atoms. The molecule has 7 nitrogen and oxygen atoms in total. The summed E-state index contributed by atoms with van der Waals surface area (Å²) in [5, 5.41) is 20.4. The Labute approximate surface area is 128 Å². The molecule has 3 rings (SSSR count). The van der Waals surface area contributed by atoms with Gasteiger partial charge in [0.1, 0.15) is 11.9 Å². The van der Waals surface area contributed by atoms with Crippen LogP contribution in [0.25, 0.3) is 0 Å². The molecular formula is C15H17N5O2. The Kier molecular flexibility index (Phi) is 4.30. The summed E-state index contributed by atoms with van der Waals surface area (Å²) >= 11 is 0. The summed E-state index contributed by atoms with van der Waals surface area (Å²) in [7, 11) is 0. The van der Waals surface area contributed by atoms with Crippen LogP contribution in [0.1, 0.15) is 41.7 Å². The molecule has 22 heavy (non-hydrogen) atoms. The lowest BCUT2D eigenvalue weighted by molar-refractivity contribution is 0.0722. The first-order valence-electron chi connectivity index (χ1n) is 7.27. The van der Waals surface area contributed by atoms with Crippen molar-refractivity contribution in [1.82, 2.24) is 15.2 Å². The molecule has 1 fully saturated rings. The number of aromatic nitrogens is 3. The average molecular weight is 299 g/mol. The lowest BCUT2D eigenvalue weighted by atomic mass is 10.0. The minimum Gasteiger partial charge on any atom is -0.423 e. The van der Waals surface area contributed by atoms with E-state index in [9.17, 15) is 5.26 Å². The van der Waals surface area contributed by atoms with Gasteiger partial charge in [-0.05, 0) is 31.4 Å². The molecule has 2 aromatic heterocycles. The number of pyridine rings is 1. The van der Waals surface area contributed by atoms with E-state index in [0.29, 0.717) is 36.3 Å². The summed E-state index contributed by atoms with van der Waals surface area (Å²) in [4.78, 5) is 4.18. The lowest BCUT2D eigenvalue weighted by Gasteiger charge is -2.18. The molecule has 0 amide bonds. The maximum Gasteiger partial charge on any atom is 0.235 e. The Morgan fingerprint density at radius 2 is 2.36 bits per heavy atom. The van der Waals surface area contributed by atoms with Crippen molar-refractivity contribution in [2.24, 2.45) is 0 Å². The smallest absolute Gasteiger partial charge is 0.235 e. The second-order valence-corrected chi connectivity index (χ2v) is 5.26. The van der Waals surface area contributed by atoms with Crippen LogP contribution in [-0.2, 0) is 11.3 Å². The number of hydrogen-bond donors (Lipinski definition) is 1. The fourth-order valence-electron chi connectivity index (χ4n) is 2.43. The van der Waals surface area contributed by atoms with E-state index in [1.54, 1.807) is 12.3 Å². The van der Waals surface area contributed by atoms with Crippen LogP contribution in [0, 0.1) is 18.3 Å². The lowest BCUT2D eigenvalue weighted by Crippen LogP contribution is -2.15. The predicted octanol–water partition coefficient (Wildman–Crippen LogP) is 2.15. The number of nitrogens with zero attached hydrogens (tertiary/aromatic N) is 4. The number of rotatable bonds is 4. The van der Waals surface area contributed by atoms with Gasteiger partial charge in [-0.15, -0.1) is 10.2 Å². The Morgan fingerprint density at radius 3 is 3.14 bits per heavy atom. The van der Waals surface area contributed by atoms with Crippen molar-refractivity contribution in [2.75, 3.05) is 18.5 Å². The van der Waals surface area contributed by atoms with Gasteiger partial charge in [0.05, 0.1) is 24.6 Å². The second-order valence-electron chi connectivity index (χ2n) is 5.26. The highest BCUT2D eigenvalue weighted by molar-refractivity contribution is 5.55. The van der Waals surface area contributed by atoms with Crippen molar-refractivity contribution in [2.45, 2.75) is 32.2 Å². The molecule has 0 saturated carbocycles. The number of ether oxygens (including phenoxy) is 1. The normalized spacial score (nSPS) is 17.9. The molecule has 0 aliphatic carbocycles. The molecule has 0 aromatic carbocycles. The minimum atomic E-state index is 0.182. The van der Waals surface area contributed by atoms with E-state index in [1.807, 2.05) is 6.92 Å². The third-order valence-corrected chi connectivity index (χ3v) is 3.67. The average Bonchev–Trinajstić information content (AvgIpc) is 3.03. The SMILES string of the molecule is Cc1ccnc(NCc2nnc(C3CCCOC3)o2)c1C#N. The number of nitrogens with one attached hydrogen (secondary N) is 1. The van der Waals surface area contributed by atoms with Crippen LogP contribution in [-0.4, -0.2) is 28.4 Å². The monoisotopic (exact) mass is 299 g/mol. The van der Waals surface area contributed by atoms with Crippen LogP contribution in [0.4, 0.5) is 5.82 Å². The standard InChI is InChI=1S/C15H17N5O2/c1-10-4-5-17-14(12(10)7-16)18-8-13-19-20-15(22-13)11-3-2-6-21-9-11/h4-5,11H,2-3,6,8-9H2,1H3,(H,17,18). The summed E-state index contributed by atoms with van der Waals surface area (Å²) in [5.41, 5.74) is 1.41. The molecule has 1 N–H and O–H groups in total.